The molecule has 30 heavy (non-hydrogen) atoms. The number of nitrogens with one attached hydrogen (secondary N) is 2. The van der Waals surface area contributed by atoms with E-state index in [2.05, 4.69) is 14.9 Å². The van der Waals surface area contributed by atoms with Gasteiger partial charge in [-0.15, -0.1) is 0 Å². The molecule has 1 aromatic rings. The van der Waals surface area contributed by atoms with Crippen LogP contribution in [0, 0.1) is 11.7 Å². The summed E-state index contributed by atoms with van der Waals surface area (Å²) in [5.74, 6) is -0.0336. The summed E-state index contributed by atoms with van der Waals surface area (Å²) < 4.78 is 34.5. The number of nitrogens with zero attached hydrogens (tertiary/aromatic N) is 1. The number of carbonyl (C=O) groups excluding carboxylic acids is 1. The fraction of sp³-hybridized carbons (Fsp3) is 0.682. The first-order valence-electron chi connectivity index (χ1n) is 10.5. The van der Waals surface area contributed by atoms with Crippen LogP contribution in [-0.4, -0.2) is 40.3 Å². The van der Waals surface area contributed by atoms with Crippen LogP contribution in [0.5, 0.6) is 0 Å². The average Bonchev–Trinajstić information content (AvgIpc) is 3.06. The summed E-state index contributed by atoms with van der Waals surface area (Å²) in [5, 5.41) is 2.84. The van der Waals surface area contributed by atoms with Gasteiger partial charge in [-0.2, -0.15) is 0 Å². The quantitative estimate of drug-likeness (QED) is 0.691. The van der Waals surface area contributed by atoms with Crippen molar-refractivity contribution in [2.45, 2.75) is 71.3 Å². The lowest BCUT2D eigenvalue weighted by Gasteiger charge is -2.27. The SMILES string of the molecule is CC(N[S@](=O)C(C)(C)C)c1cc(F)ccc1N1CC[C@H](CNC(=O)OC(C)(C)C)C1. The second kappa shape index (κ2) is 9.64. The van der Waals surface area contributed by atoms with Crippen LogP contribution in [0.2, 0.25) is 0 Å². The van der Waals surface area contributed by atoms with Crippen LogP contribution < -0.4 is 14.9 Å². The van der Waals surface area contributed by atoms with E-state index in [1.807, 2.05) is 48.5 Å². The Kier molecular flexibility index (Phi) is 7.91. The first-order valence-corrected chi connectivity index (χ1v) is 11.6. The molecule has 3 atom stereocenters. The third-order valence-electron chi connectivity index (χ3n) is 4.86. The number of amides is 1. The maximum atomic E-state index is 14.0. The van der Waals surface area contributed by atoms with Gasteiger partial charge in [0.1, 0.15) is 11.4 Å². The molecule has 2 N–H and O–H groups in total. The van der Waals surface area contributed by atoms with Crippen molar-refractivity contribution >= 4 is 22.8 Å². The number of benzene rings is 1. The Labute approximate surface area is 182 Å². The number of hydrogen-bond donors (Lipinski definition) is 2. The zero-order valence-corrected chi connectivity index (χ0v) is 20.0. The summed E-state index contributed by atoms with van der Waals surface area (Å²) >= 11 is 0. The summed E-state index contributed by atoms with van der Waals surface area (Å²) in [4.78, 5) is 14.1. The zero-order chi connectivity index (χ0) is 22.7. The molecule has 1 fully saturated rings. The second-order valence-corrected chi connectivity index (χ2v) is 11.9. The minimum Gasteiger partial charge on any atom is -0.444 e. The number of ether oxygens (including phenoxy) is 1. The van der Waals surface area contributed by atoms with Crippen molar-refractivity contribution in [2.75, 3.05) is 24.5 Å². The van der Waals surface area contributed by atoms with Crippen LogP contribution in [-0.2, 0) is 15.7 Å². The molecule has 1 unspecified atom stereocenters. The predicted molar refractivity (Wildman–Crippen MR) is 120 cm³/mol. The van der Waals surface area contributed by atoms with E-state index in [4.69, 9.17) is 4.74 Å². The fourth-order valence-corrected chi connectivity index (χ4v) is 4.12. The number of anilines is 1. The Balaban J connectivity index is 2.04. The molecule has 0 aromatic heterocycles. The van der Waals surface area contributed by atoms with Gasteiger partial charge in [0.15, 0.2) is 0 Å². The molecule has 6 nitrogen and oxygen atoms in total. The Hall–Kier alpha value is -1.67. The molecule has 0 aliphatic carbocycles. The molecule has 0 bridgehead atoms. The van der Waals surface area contributed by atoms with Gasteiger partial charge in [-0.25, -0.2) is 18.1 Å². The molecule has 1 aliphatic heterocycles. The molecule has 1 saturated heterocycles. The van der Waals surface area contributed by atoms with Gasteiger partial charge in [0.25, 0.3) is 0 Å². The number of rotatable bonds is 6. The van der Waals surface area contributed by atoms with Gasteiger partial charge < -0.3 is 15.0 Å². The molecule has 1 heterocycles. The molecule has 2 rings (SSSR count). The normalized spacial score (nSPS) is 19.5. The van der Waals surface area contributed by atoms with Gasteiger partial charge in [-0.05, 0) is 84.6 Å². The van der Waals surface area contributed by atoms with Crippen molar-refractivity contribution in [1.82, 2.24) is 10.0 Å². The molecule has 0 radical (unpaired) electrons. The second-order valence-electron chi connectivity index (χ2n) is 9.91. The predicted octanol–water partition coefficient (Wildman–Crippen LogP) is 4.29. The molecule has 1 aromatic carbocycles. The highest BCUT2D eigenvalue weighted by atomic mass is 32.2. The van der Waals surface area contributed by atoms with Crippen molar-refractivity contribution in [3.8, 4) is 0 Å². The molecule has 0 spiro atoms. The first kappa shape index (κ1) is 24.6. The van der Waals surface area contributed by atoms with Crippen molar-refractivity contribution in [1.29, 1.82) is 0 Å². The smallest absolute Gasteiger partial charge is 0.407 e. The summed E-state index contributed by atoms with van der Waals surface area (Å²) in [6, 6.07) is 4.49. The van der Waals surface area contributed by atoms with Gasteiger partial charge >= 0.3 is 6.09 Å². The lowest BCUT2D eigenvalue weighted by atomic mass is 10.1. The van der Waals surface area contributed by atoms with Crippen molar-refractivity contribution in [3.05, 3.63) is 29.6 Å². The van der Waals surface area contributed by atoms with Crippen LogP contribution >= 0.6 is 0 Å². The minimum absolute atomic E-state index is 0.269. The minimum atomic E-state index is -1.26. The monoisotopic (exact) mass is 441 g/mol. The maximum Gasteiger partial charge on any atom is 0.407 e. The largest absolute Gasteiger partial charge is 0.444 e. The lowest BCUT2D eigenvalue weighted by Crippen LogP contribution is -2.36. The van der Waals surface area contributed by atoms with Gasteiger partial charge in [0.05, 0.1) is 15.7 Å². The Morgan fingerprint density at radius 2 is 1.97 bits per heavy atom. The third-order valence-corrected chi connectivity index (χ3v) is 6.54. The van der Waals surface area contributed by atoms with E-state index in [9.17, 15) is 13.4 Å². The third kappa shape index (κ3) is 7.23. The first-order chi connectivity index (χ1) is 13.8. The zero-order valence-electron chi connectivity index (χ0n) is 19.2. The van der Waals surface area contributed by atoms with E-state index in [1.165, 1.54) is 12.1 Å². The van der Waals surface area contributed by atoms with Crippen molar-refractivity contribution in [2.24, 2.45) is 5.92 Å². The number of alkyl carbamates (subject to hydrolysis) is 1. The summed E-state index contributed by atoms with van der Waals surface area (Å²) in [5.41, 5.74) is 1.20. The molecule has 170 valence electrons. The maximum absolute atomic E-state index is 14.0. The van der Waals surface area contributed by atoms with E-state index in [1.54, 1.807) is 6.07 Å². The molecule has 8 heteroatoms. The highest BCUT2D eigenvalue weighted by molar-refractivity contribution is 7.84. The van der Waals surface area contributed by atoms with Gasteiger partial charge in [-0.3, -0.25) is 0 Å². The van der Waals surface area contributed by atoms with Crippen LogP contribution in [0.15, 0.2) is 18.2 Å². The van der Waals surface area contributed by atoms with Gasteiger partial charge in [-0.1, -0.05) is 0 Å². The summed E-state index contributed by atoms with van der Waals surface area (Å²) in [6.07, 6.45) is 0.508. The Bertz CT molecular complexity index is 774. The highest BCUT2D eigenvalue weighted by Crippen LogP contribution is 2.32. The topological polar surface area (TPSA) is 70.7 Å². The number of halogens is 1. The number of carbonyl (C=O) groups is 1. The molecular formula is C22H36FN3O3S. The van der Waals surface area contributed by atoms with Crippen molar-refractivity contribution < 1.29 is 18.1 Å². The molecule has 1 amide bonds. The Morgan fingerprint density at radius 1 is 1.30 bits per heavy atom. The van der Waals surface area contributed by atoms with E-state index < -0.39 is 27.4 Å². The lowest BCUT2D eigenvalue weighted by molar-refractivity contribution is 0.0520. The van der Waals surface area contributed by atoms with E-state index in [0.717, 1.165) is 30.8 Å². The van der Waals surface area contributed by atoms with Crippen LogP contribution in [0.25, 0.3) is 0 Å². The van der Waals surface area contributed by atoms with E-state index in [-0.39, 0.29) is 17.8 Å². The van der Waals surface area contributed by atoms with Gasteiger partial charge in [0, 0.05) is 31.4 Å². The molecule has 0 saturated carbocycles. The molecule has 1 aliphatic rings. The molecular weight excluding hydrogens is 405 g/mol. The fourth-order valence-electron chi connectivity index (χ4n) is 3.32. The highest BCUT2D eigenvalue weighted by Gasteiger charge is 2.28. The summed E-state index contributed by atoms with van der Waals surface area (Å²) in [6.45, 7) is 15.2. The summed E-state index contributed by atoms with van der Waals surface area (Å²) in [7, 11) is -1.26. The van der Waals surface area contributed by atoms with E-state index >= 15 is 0 Å². The average molecular weight is 442 g/mol. The van der Waals surface area contributed by atoms with Crippen LogP contribution in [0.1, 0.15) is 66.5 Å². The Morgan fingerprint density at radius 3 is 2.57 bits per heavy atom. The number of hydrogen-bond acceptors (Lipinski definition) is 4. The van der Waals surface area contributed by atoms with Crippen LogP contribution in [0.3, 0.4) is 0 Å². The van der Waals surface area contributed by atoms with Gasteiger partial charge in [0.2, 0.25) is 0 Å². The van der Waals surface area contributed by atoms with Crippen molar-refractivity contribution in [3.63, 3.8) is 0 Å². The van der Waals surface area contributed by atoms with Crippen LogP contribution in [0.4, 0.5) is 14.9 Å². The standard InChI is InChI=1S/C22H36FN3O3S/c1-15(25-30(28)22(5,6)7)18-12-17(23)8-9-19(18)26-11-10-16(14-26)13-24-20(27)29-21(2,3)4/h8-9,12,15-16,25H,10-11,13-14H2,1-7H3,(H,24,27)/t15?,16-,30-/m1/s1. The van der Waals surface area contributed by atoms with E-state index in [0.29, 0.717) is 6.54 Å².